The minimum atomic E-state index is -0.150. The molecular weight excluding hydrogens is 252 g/mol. The second kappa shape index (κ2) is 7.24. The molecule has 18 heavy (non-hydrogen) atoms. The number of ether oxygens (including phenoxy) is 1. The molecule has 0 radical (unpaired) electrons. The van der Waals surface area contributed by atoms with Crippen molar-refractivity contribution in [1.82, 2.24) is 5.32 Å². The Hall–Kier alpha value is -1.26. The molecule has 0 fully saturated rings. The summed E-state index contributed by atoms with van der Waals surface area (Å²) in [6.45, 7) is 4.34. The van der Waals surface area contributed by atoms with Gasteiger partial charge < -0.3 is 15.8 Å². The quantitative estimate of drug-likeness (QED) is 0.832. The smallest absolute Gasteiger partial charge is 0.258 e. The fourth-order valence-electron chi connectivity index (χ4n) is 1.35. The third-order valence-corrected chi connectivity index (χ3v) is 2.91. The maximum absolute atomic E-state index is 11.5. The first-order valence-corrected chi connectivity index (χ1v) is 6.35. The van der Waals surface area contributed by atoms with Gasteiger partial charge in [0.2, 0.25) is 0 Å². The van der Waals surface area contributed by atoms with Gasteiger partial charge in [-0.3, -0.25) is 4.79 Å². The van der Waals surface area contributed by atoms with Crippen LogP contribution in [0.4, 0.5) is 0 Å². The normalized spacial score (nSPS) is 12.0. The summed E-state index contributed by atoms with van der Waals surface area (Å²) in [5.41, 5.74) is 6.42. The highest BCUT2D eigenvalue weighted by molar-refractivity contribution is 6.32. The Labute approximate surface area is 112 Å². The molecule has 0 saturated carbocycles. The SMILES string of the molecule is CCC(C)NC(=O)COc1ccc(CN)cc1Cl. The van der Waals surface area contributed by atoms with Gasteiger partial charge in [-0.2, -0.15) is 0 Å². The maximum atomic E-state index is 11.5. The lowest BCUT2D eigenvalue weighted by Gasteiger charge is -2.13. The minimum Gasteiger partial charge on any atom is -0.482 e. The Kier molecular flexibility index (Phi) is 5.95. The summed E-state index contributed by atoms with van der Waals surface area (Å²) in [4.78, 5) is 11.5. The molecule has 0 aliphatic heterocycles. The molecule has 100 valence electrons. The predicted octanol–water partition coefficient (Wildman–Crippen LogP) is 2.09. The third-order valence-electron chi connectivity index (χ3n) is 2.61. The fourth-order valence-corrected chi connectivity index (χ4v) is 1.61. The van der Waals surface area contributed by atoms with Crippen LogP contribution in [-0.4, -0.2) is 18.6 Å². The number of hydrogen-bond acceptors (Lipinski definition) is 3. The zero-order valence-corrected chi connectivity index (χ0v) is 11.5. The molecule has 0 saturated heterocycles. The molecule has 1 unspecified atom stereocenters. The van der Waals surface area contributed by atoms with E-state index in [0.717, 1.165) is 12.0 Å². The van der Waals surface area contributed by atoms with E-state index in [1.54, 1.807) is 12.1 Å². The number of amides is 1. The standard InChI is InChI=1S/C13H19ClN2O2/c1-3-9(2)16-13(17)8-18-12-5-4-10(7-15)6-11(12)14/h4-6,9H,3,7-8,15H2,1-2H3,(H,16,17). The summed E-state index contributed by atoms with van der Waals surface area (Å²) in [7, 11) is 0. The van der Waals surface area contributed by atoms with Gasteiger partial charge in [0, 0.05) is 12.6 Å². The first kappa shape index (κ1) is 14.8. The van der Waals surface area contributed by atoms with Gasteiger partial charge in [0.25, 0.3) is 5.91 Å². The van der Waals surface area contributed by atoms with Crippen molar-refractivity contribution in [3.63, 3.8) is 0 Å². The molecule has 1 atom stereocenters. The van der Waals surface area contributed by atoms with Crippen LogP contribution in [0.1, 0.15) is 25.8 Å². The molecule has 1 aromatic rings. The number of carbonyl (C=O) groups is 1. The fraction of sp³-hybridized carbons (Fsp3) is 0.462. The van der Waals surface area contributed by atoms with Crippen molar-refractivity contribution in [1.29, 1.82) is 0 Å². The van der Waals surface area contributed by atoms with Crippen molar-refractivity contribution in [2.24, 2.45) is 5.73 Å². The molecule has 0 spiro atoms. The van der Waals surface area contributed by atoms with E-state index in [9.17, 15) is 4.79 Å². The monoisotopic (exact) mass is 270 g/mol. The van der Waals surface area contributed by atoms with Crippen LogP contribution in [0.15, 0.2) is 18.2 Å². The average Bonchev–Trinajstić information content (AvgIpc) is 2.36. The summed E-state index contributed by atoms with van der Waals surface area (Å²) in [6, 6.07) is 5.44. The molecule has 1 aromatic carbocycles. The molecular formula is C13H19ClN2O2. The van der Waals surface area contributed by atoms with Gasteiger partial charge in [-0.1, -0.05) is 24.6 Å². The van der Waals surface area contributed by atoms with Crippen molar-refractivity contribution >= 4 is 17.5 Å². The average molecular weight is 271 g/mol. The molecule has 4 nitrogen and oxygen atoms in total. The third kappa shape index (κ3) is 4.55. The summed E-state index contributed by atoms with van der Waals surface area (Å²) in [5.74, 6) is 0.344. The lowest BCUT2D eigenvalue weighted by atomic mass is 10.2. The van der Waals surface area contributed by atoms with E-state index in [2.05, 4.69) is 5.32 Å². The summed E-state index contributed by atoms with van der Waals surface area (Å²) >= 11 is 6.01. The molecule has 0 bridgehead atoms. The Morgan fingerprint density at radius 1 is 1.56 bits per heavy atom. The predicted molar refractivity (Wildman–Crippen MR) is 72.7 cm³/mol. The van der Waals surface area contributed by atoms with Gasteiger partial charge in [-0.05, 0) is 31.0 Å². The van der Waals surface area contributed by atoms with E-state index in [0.29, 0.717) is 17.3 Å². The number of nitrogens with one attached hydrogen (secondary N) is 1. The van der Waals surface area contributed by atoms with Crippen LogP contribution in [0, 0.1) is 0 Å². The maximum Gasteiger partial charge on any atom is 0.258 e. The zero-order chi connectivity index (χ0) is 13.5. The largest absolute Gasteiger partial charge is 0.482 e. The molecule has 1 rings (SSSR count). The van der Waals surface area contributed by atoms with Crippen molar-refractivity contribution in [2.45, 2.75) is 32.9 Å². The molecule has 0 heterocycles. The van der Waals surface area contributed by atoms with Gasteiger partial charge in [-0.15, -0.1) is 0 Å². The molecule has 0 aliphatic rings. The number of benzene rings is 1. The minimum absolute atomic E-state index is 0.0357. The van der Waals surface area contributed by atoms with Crippen LogP contribution in [0.5, 0.6) is 5.75 Å². The molecule has 5 heteroatoms. The van der Waals surface area contributed by atoms with E-state index >= 15 is 0 Å². The Balaban J connectivity index is 2.51. The number of hydrogen-bond donors (Lipinski definition) is 2. The van der Waals surface area contributed by atoms with Crippen molar-refractivity contribution in [3.05, 3.63) is 28.8 Å². The van der Waals surface area contributed by atoms with Crippen LogP contribution in [0.25, 0.3) is 0 Å². The van der Waals surface area contributed by atoms with Crippen molar-refractivity contribution in [2.75, 3.05) is 6.61 Å². The number of carbonyl (C=O) groups excluding carboxylic acids is 1. The second-order valence-electron chi connectivity index (χ2n) is 4.13. The first-order chi connectivity index (χ1) is 8.56. The van der Waals surface area contributed by atoms with Crippen molar-refractivity contribution < 1.29 is 9.53 Å². The van der Waals surface area contributed by atoms with Gasteiger partial charge in [0.05, 0.1) is 5.02 Å². The molecule has 1 amide bonds. The summed E-state index contributed by atoms with van der Waals surface area (Å²) in [5, 5.41) is 3.28. The van der Waals surface area contributed by atoms with Gasteiger partial charge in [0.1, 0.15) is 5.75 Å². The Morgan fingerprint density at radius 2 is 2.28 bits per heavy atom. The van der Waals surface area contributed by atoms with Gasteiger partial charge in [0.15, 0.2) is 6.61 Å². The highest BCUT2D eigenvalue weighted by Gasteiger charge is 2.08. The van der Waals surface area contributed by atoms with Gasteiger partial charge >= 0.3 is 0 Å². The highest BCUT2D eigenvalue weighted by atomic mass is 35.5. The Bertz CT molecular complexity index is 410. The van der Waals surface area contributed by atoms with E-state index < -0.39 is 0 Å². The molecule has 0 aromatic heterocycles. The molecule has 0 aliphatic carbocycles. The van der Waals surface area contributed by atoms with Crippen LogP contribution >= 0.6 is 11.6 Å². The summed E-state index contributed by atoms with van der Waals surface area (Å²) < 4.78 is 5.36. The highest BCUT2D eigenvalue weighted by Crippen LogP contribution is 2.25. The number of nitrogens with two attached hydrogens (primary N) is 1. The lowest BCUT2D eigenvalue weighted by Crippen LogP contribution is -2.35. The number of rotatable bonds is 6. The topological polar surface area (TPSA) is 64.3 Å². The van der Waals surface area contributed by atoms with Crippen LogP contribution < -0.4 is 15.8 Å². The second-order valence-corrected chi connectivity index (χ2v) is 4.54. The van der Waals surface area contributed by atoms with E-state index in [4.69, 9.17) is 22.1 Å². The van der Waals surface area contributed by atoms with E-state index in [1.807, 2.05) is 19.9 Å². The van der Waals surface area contributed by atoms with E-state index in [1.165, 1.54) is 0 Å². The van der Waals surface area contributed by atoms with Crippen molar-refractivity contribution in [3.8, 4) is 5.75 Å². The zero-order valence-electron chi connectivity index (χ0n) is 10.7. The van der Waals surface area contributed by atoms with Crippen LogP contribution in [0.2, 0.25) is 5.02 Å². The first-order valence-electron chi connectivity index (χ1n) is 5.97. The Morgan fingerprint density at radius 3 is 2.83 bits per heavy atom. The lowest BCUT2D eigenvalue weighted by molar-refractivity contribution is -0.123. The number of halogens is 1. The van der Waals surface area contributed by atoms with E-state index in [-0.39, 0.29) is 18.6 Å². The molecule has 3 N–H and O–H groups in total. The summed E-state index contributed by atoms with van der Waals surface area (Å²) in [6.07, 6.45) is 0.887. The van der Waals surface area contributed by atoms with Gasteiger partial charge in [-0.25, -0.2) is 0 Å². The van der Waals surface area contributed by atoms with Crippen LogP contribution in [0.3, 0.4) is 0 Å². The van der Waals surface area contributed by atoms with Crippen LogP contribution in [-0.2, 0) is 11.3 Å².